The number of hydrogen-bond donors (Lipinski definition) is 0. The number of thiophene rings is 2. The second-order valence-electron chi connectivity index (χ2n) is 7.08. The van der Waals surface area contributed by atoms with Gasteiger partial charge in [0.2, 0.25) is 0 Å². The third-order valence-corrected chi connectivity index (χ3v) is 7.83. The van der Waals surface area contributed by atoms with Crippen molar-refractivity contribution in [2.75, 3.05) is 6.54 Å². The first-order valence-electron chi connectivity index (χ1n) is 9.31. The lowest BCUT2D eigenvalue weighted by Gasteiger charge is -2.35. The van der Waals surface area contributed by atoms with Gasteiger partial charge in [-0.3, -0.25) is 4.90 Å². The highest BCUT2D eigenvalue weighted by molar-refractivity contribution is 7.71. The fourth-order valence-corrected chi connectivity index (χ4v) is 6.27. The Hall–Kier alpha value is -1.28. The molecule has 4 nitrogen and oxygen atoms in total. The van der Waals surface area contributed by atoms with Gasteiger partial charge in [-0.1, -0.05) is 12.5 Å². The molecule has 3 aromatic heterocycles. The Bertz CT molecular complexity index is 950. The van der Waals surface area contributed by atoms with Crippen LogP contribution in [-0.2, 0) is 26.1 Å². The van der Waals surface area contributed by atoms with Crippen molar-refractivity contribution < 1.29 is 0 Å². The first-order chi connectivity index (χ1) is 12.8. The molecule has 0 fully saturated rings. The number of nitrogens with zero attached hydrogens (tertiary/aromatic N) is 4. The summed E-state index contributed by atoms with van der Waals surface area (Å²) in [6.45, 7) is 2.86. The van der Waals surface area contributed by atoms with E-state index in [0.717, 1.165) is 37.4 Å². The predicted octanol–water partition coefficient (Wildman–Crippen LogP) is 4.87. The highest BCUT2D eigenvalue weighted by atomic mass is 32.1. The first-order valence-corrected chi connectivity index (χ1v) is 11.5. The Morgan fingerprint density at radius 3 is 2.92 bits per heavy atom. The second kappa shape index (κ2) is 7.03. The molecule has 2 aliphatic rings. The smallest absolute Gasteiger partial charge is 0.199 e. The van der Waals surface area contributed by atoms with Crippen molar-refractivity contribution in [1.82, 2.24) is 19.2 Å². The highest BCUT2D eigenvalue weighted by Crippen LogP contribution is 2.39. The van der Waals surface area contributed by atoms with E-state index >= 15 is 0 Å². The summed E-state index contributed by atoms with van der Waals surface area (Å²) in [7, 11) is 0. The van der Waals surface area contributed by atoms with Crippen LogP contribution in [0, 0.1) is 4.77 Å². The van der Waals surface area contributed by atoms with E-state index in [2.05, 4.69) is 43.1 Å². The first kappa shape index (κ1) is 16.9. The van der Waals surface area contributed by atoms with E-state index < -0.39 is 0 Å². The van der Waals surface area contributed by atoms with Crippen LogP contribution in [0.25, 0.3) is 0 Å². The van der Waals surface area contributed by atoms with Crippen LogP contribution in [0.5, 0.6) is 0 Å². The molecule has 0 N–H and O–H groups in total. The van der Waals surface area contributed by atoms with Gasteiger partial charge in [-0.25, -0.2) is 4.68 Å². The molecule has 0 spiro atoms. The summed E-state index contributed by atoms with van der Waals surface area (Å²) in [6.07, 6.45) is 5.90. The van der Waals surface area contributed by atoms with Crippen LogP contribution in [0.1, 0.15) is 46.4 Å². The fraction of sp³-hybridized carbons (Fsp3) is 0.474. The fourth-order valence-electron chi connectivity index (χ4n) is 4.19. The molecular formula is C19H22N4S3. The van der Waals surface area contributed by atoms with Gasteiger partial charge in [0.1, 0.15) is 5.82 Å². The molecule has 5 rings (SSSR count). The highest BCUT2D eigenvalue weighted by Gasteiger charge is 2.31. The quantitative estimate of drug-likeness (QED) is 0.585. The zero-order valence-corrected chi connectivity index (χ0v) is 17.1. The van der Waals surface area contributed by atoms with Gasteiger partial charge in [0.15, 0.2) is 4.77 Å². The molecule has 0 unspecified atom stereocenters. The molecule has 0 amide bonds. The number of fused-ring (bicyclic) bond motifs is 2. The molecule has 0 bridgehead atoms. The SMILES string of the molecule is S=c1n(CN2CCc3sccc3[C@@H]2c2cccs2)nc2n1CCCCC2. The van der Waals surface area contributed by atoms with Crippen LogP contribution in [0.3, 0.4) is 0 Å². The number of hydrogen-bond acceptors (Lipinski definition) is 5. The predicted molar refractivity (Wildman–Crippen MR) is 109 cm³/mol. The molecule has 136 valence electrons. The summed E-state index contributed by atoms with van der Waals surface area (Å²) in [4.78, 5) is 5.49. The van der Waals surface area contributed by atoms with Crippen LogP contribution < -0.4 is 0 Å². The van der Waals surface area contributed by atoms with Crippen molar-refractivity contribution in [3.63, 3.8) is 0 Å². The van der Waals surface area contributed by atoms with Crippen molar-refractivity contribution in [2.45, 2.75) is 51.4 Å². The summed E-state index contributed by atoms with van der Waals surface area (Å²) in [6, 6.07) is 7.05. The molecule has 0 aromatic carbocycles. The molecule has 0 saturated heterocycles. The average Bonchev–Trinajstić information content (AvgIpc) is 3.35. The molecule has 26 heavy (non-hydrogen) atoms. The van der Waals surface area contributed by atoms with E-state index in [9.17, 15) is 0 Å². The molecule has 3 aromatic rings. The maximum absolute atomic E-state index is 5.78. The van der Waals surface area contributed by atoms with Gasteiger partial charge in [-0.15, -0.1) is 22.7 Å². The Labute approximate surface area is 166 Å². The van der Waals surface area contributed by atoms with Crippen LogP contribution >= 0.6 is 34.9 Å². The lowest BCUT2D eigenvalue weighted by atomic mass is 9.99. The topological polar surface area (TPSA) is 26.0 Å². The Kier molecular flexibility index (Phi) is 4.56. The molecule has 0 radical (unpaired) electrons. The van der Waals surface area contributed by atoms with Gasteiger partial charge >= 0.3 is 0 Å². The minimum Gasteiger partial charge on any atom is -0.304 e. The number of aryl methyl sites for hydroxylation is 1. The van der Waals surface area contributed by atoms with E-state index in [1.807, 2.05) is 22.7 Å². The number of rotatable bonds is 3. The van der Waals surface area contributed by atoms with Crippen molar-refractivity contribution in [1.29, 1.82) is 0 Å². The van der Waals surface area contributed by atoms with Gasteiger partial charge in [-0.05, 0) is 59.9 Å². The average molecular weight is 403 g/mol. The van der Waals surface area contributed by atoms with Crippen molar-refractivity contribution in [3.8, 4) is 0 Å². The Morgan fingerprint density at radius 2 is 2.04 bits per heavy atom. The van der Waals surface area contributed by atoms with Crippen LogP contribution in [0.4, 0.5) is 0 Å². The summed E-state index contributed by atoms with van der Waals surface area (Å²) in [5.41, 5.74) is 1.47. The summed E-state index contributed by atoms with van der Waals surface area (Å²) < 4.78 is 5.22. The van der Waals surface area contributed by atoms with Gasteiger partial charge in [-0.2, -0.15) is 5.10 Å². The Morgan fingerprint density at radius 1 is 1.08 bits per heavy atom. The minimum absolute atomic E-state index is 0.327. The maximum Gasteiger partial charge on any atom is 0.199 e. The third kappa shape index (κ3) is 2.91. The summed E-state index contributed by atoms with van der Waals surface area (Å²) in [5.74, 6) is 1.17. The van der Waals surface area contributed by atoms with E-state index in [1.54, 1.807) is 0 Å². The van der Waals surface area contributed by atoms with E-state index in [0.29, 0.717) is 6.04 Å². The zero-order chi connectivity index (χ0) is 17.5. The standard InChI is InChI=1S/C19H22N4S3/c24-19-22-9-3-1-2-6-17(22)20-23(19)13-21-10-7-15-14(8-12-26-15)18(21)16-5-4-11-25-16/h4-5,8,11-12,18H,1-3,6-7,9-10,13H2/t18-/m1/s1. The minimum atomic E-state index is 0.327. The molecule has 5 heterocycles. The van der Waals surface area contributed by atoms with Crippen molar-refractivity contribution >= 4 is 34.9 Å². The summed E-state index contributed by atoms with van der Waals surface area (Å²) >= 11 is 9.52. The van der Waals surface area contributed by atoms with Gasteiger partial charge in [0.25, 0.3) is 0 Å². The monoisotopic (exact) mass is 402 g/mol. The van der Waals surface area contributed by atoms with E-state index in [-0.39, 0.29) is 0 Å². The molecule has 1 atom stereocenters. The second-order valence-corrected chi connectivity index (χ2v) is 9.43. The largest absolute Gasteiger partial charge is 0.304 e. The van der Waals surface area contributed by atoms with Crippen molar-refractivity contribution in [3.05, 3.63) is 54.9 Å². The van der Waals surface area contributed by atoms with Gasteiger partial charge < -0.3 is 4.57 Å². The van der Waals surface area contributed by atoms with Gasteiger partial charge in [0, 0.05) is 29.3 Å². The molecule has 2 aliphatic heterocycles. The van der Waals surface area contributed by atoms with E-state index in [1.165, 1.54) is 40.4 Å². The normalized spacial score (nSPS) is 20.5. The van der Waals surface area contributed by atoms with Crippen molar-refractivity contribution in [2.24, 2.45) is 0 Å². The molecule has 7 heteroatoms. The lowest BCUT2D eigenvalue weighted by Crippen LogP contribution is -2.36. The van der Waals surface area contributed by atoms with Crippen LogP contribution in [0.15, 0.2) is 29.0 Å². The molecule has 0 saturated carbocycles. The number of aromatic nitrogens is 3. The van der Waals surface area contributed by atoms with Crippen LogP contribution in [-0.4, -0.2) is 25.8 Å². The lowest BCUT2D eigenvalue weighted by molar-refractivity contribution is 0.158. The molecule has 0 aliphatic carbocycles. The molecular weight excluding hydrogens is 380 g/mol. The van der Waals surface area contributed by atoms with Gasteiger partial charge in [0.05, 0.1) is 12.7 Å². The maximum atomic E-state index is 5.78. The Balaban J connectivity index is 1.49. The summed E-state index contributed by atoms with van der Waals surface area (Å²) in [5, 5.41) is 9.32. The third-order valence-electron chi connectivity index (χ3n) is 5.48. The van der Waals surface area contributed by atoms with E-state index in [4.69, 9.17) is 17.3 Å². The van der Waals surface area contributed by atoms with Crippen LogP contribution in [0.2, 0.25) is 0 Å². The zero-order valence-electron chi connectivity index (χ0n) is 14.6.